The van der Waals surface area contributed by atoms with E-state index >= 15 is 0 Å². The van der Waals surface area contributed by atoms with Gasteiger partial charge in [-0.15, -0.1) is 0 Å². The molecule has 0 bridgehead atoms. The number of fused-ring (bicyclic) bond motifs is 1. The van der Waals surface area contributed by atoms with E-state index in [-0.39, 0.29) is 11.4 Å². The van der Waals surface area contributed by atoms with Crippen LogP contribution in [0.3, 0.4) is 0 Å². The minimum atomic E-state index is -0.228. The lowest BCUT2D eigenvalue weighted by molar-refractivity contribution is 0.252. The van der Waals surface area contributed by atoms with Crippen LogP contribution in [0.2, 0.25) is 0 Å². The molecule has 0 saturated carbocycles. The summed E-state index contributed by atoms with van der Waals surface area (Å²) in [5.74, 6) is 0.419. The highest BCUT2D eigenvalue weighted by Crippen LogP contribution is 2.34. The average molecular weight is 429 g/mol. The van der Waals surface area contributed by atoms with Crippen LogP contribution >= 0.6 is 0 Å². The molecule has 7 heteroatoms. The monoisotopic (exact) mass is 428 g/mol. The number of benzene rings is 2. The molecule has 0 fully saturated rings. The third kappa shape index (κ3) is 4.72. The Hall–Kier alpha value is -3.87. The molecule has 0 aliphatic rings. The number of rotatable bonds is 5. The number of anilines is 2. The zero-order valence-electron chi connectivity index (χ0n) is 18.6. The van der Waals surface area contributed by atoms with Crippen LogP contribution in [0.5, 0.6) is 0 Å². The zero-order valence-corrected chi connectivity index (χ0v) is 18.6. The van der Waals surface area contributed by atoms with E-state index in [1.807, 2.05) is 54.6 Å². The lowest BCUT2D eigenvalue weighted by atomic mass is 9.89. The van der Waals surface area contributed by atoms with E-state index in [4.69, 9.17) is 10.7 Å². The molecule has 0 aliphatic carbocycles. The molecule has 2 amide bonds. The number of aromatic amines is 1. The summed E-state index contributed by atoms with van der Waals surface area (Å²) in [5.41, 5.74) is 11.5. The molecule has 4 rings (SSSR count). The lowest BCUT2D eigenvalue weighted by Crippen LogP contribution is -2.30. The van der Waals surface area contributed by atoms with Crippen molar-refractivity contribution in [1.82, 2.24) is 20.5 Å². The second kappa shape index (κ2) is 8.70. The molecule has 7 nitrogen and oxygen atoms in total. The van der Waals surface area contributed by atoms with Crippen LogP contribution in [0.25, 0.3) is 22.2 Å². The van der Waals surface area contributed by atoms with Crippen molar-refractivity contribution in [3.8, 4) is 11.1 Å². The molecule has 0 unspecified atom stereocenters. The average Bonchev–Trinajstić information content (AvgIpc) is 3.15. The normalized spacial score (nSPS) is 11.5. The number of carbonyl (C=O) groups is 1. The molecule has 32 heavy (non-hydrogen) atoms. The van der Waals surface area contributed by atoms with E-state index in [1.165, 1.54) is 5.56 Å². The number of aromatic nitrogens is 3. The minimum absolute atomic E-state index is 0.123. The minimum Gasteiger partial charge on any atom is -0.382 e. The van der Waals surface area contributed by atoms with E-state index in [1.54, 1.807) is 0 Å². The van der Waals surface area contributed by atoms with E-state index in [9.17, 15) is 4.79 Å². The highest BCUT2D eigenvalue weighted by molar-refractivity contribution is 6.00. The predicted octanol–water partition coefficient (Wildman–Crippen LogP) is 4.87. The highest BCUT2D eigenvalue weighted by Gasteiger charge is 2.20. The van der Waals surface area contributed by atoms with E-state index in [0.29, 0.717) is 23.7 Å². The fraction of sp³-hybridized carbons (Fsp3) is 0.240. The molecule has 2 heterocycles. The Labute approximate surface area is 187 Å². The number of H-pyrrole nitrogens is 1. The second-order valence-electron chi connectivity index (χ2n) is 8.83. The van der Waals surface area contributed by atoms with Crippen molar-refractivity contribution in [3.05, 3.63) is 71.9 Å². The molecule has 164 valence electrons. The Balaban J connectivity index is 1.48. The number of hydrogen-bond donors (Lipinski definition) is 4. The highest BCUT2D eigenvalue weighted by atomic mass is 16.2. The van der Waals surface area contributed by atoms with Crippen LogP contribution < -0.4 is 16.4 Å². The first-order valence-corrected chi connectivity index (χ1v) is 10.7. The SMILES string of the molecule is CC(C)(C)c1cc(-c2ccc(NC(=O)NCCc3ccccc3)cc2)c2c(N)n[nH]c2n1. The summed E-state index contributed by atoms with van der Waals surface area (Å²) in [6.45, 7) is 6.93. The molecule has 0 radical (unpaired) electrons. The van der Waals surface area contributed by atoms with Gasteiger partial charge in [0.15, 0.2) is 11.5 Å². The van der Waals surface area contributed by atoms with Crippen molar-refractivity contribution in [2.75, 3.05) is 17.6 Å². The topological polar surface area (TPSA) is 109 Å². The Morgan fingerprint density at radius 3 is 2.47 bits per heavy atom. The summed E-state index contributed by atoms with van der Waals surface area (Å²) in [5, 5.41) is 13.6. The maximum atomic E-state index is 12.2. The van der Waals surface area contributed by atoms with Gasteiger partial charge in [0, 0.05) is 23.3 Å². The van der Waals surface area contributed by atoms with Gasteiger partial charge in [-0.3, -0.25) is 5.10 Å². The molecule has 0 spiro atoms. The zero-order chi connectivity index (χ0) is 22.7. The predicted molar refractivity (Wildman–Crippen MR) is 130 cm³/mol. The fourth-order valence-electron chi connectivity index (χ4n) is 3.54. The van der Waals surface area contributed by atoms with E-state index in [2.05, 4.69) is 47.7 Å². The van der Waals surface area contributed by atoms with Crippen molar-refractivity contribution in [1.29, 1.82) is 0 Å². The molecule has 2 aromatic heterocycles. The number of nitrogens with zero attached hydrogens (tertiary/aromatic N) is 2. The van der Waals surface area contributed by atoms with Crippen molar-refractivity contribution in [3.63, 3.8) is 0 Å². The number of nitrogens with one attached hydrogen (secondary N) is 3. The molecule has 4 aromatic rings. The second-order valence-corrected chi connectivity index (χ2v) is 8.83. The first kappa shape index (κ1) is 21.4. The van der Waals surface area contributed by atoms with Gasteiger partial charge in [0.2, 0.25) is 0 Å². The van der Waals surface area contributed by atoms with Gasteiger partial charge in [-0.25, -0.2) is 9.78 Å². The fourth-order valence-corrected chi connectivity index (χ4v) is 3.54. The van der Waals surface area contributed by atoms with Gasteiger partial charge >= 0.3 is 6.03 Å². The lowest BCUT2D eigenvalue weighted by Gasteiger charge is -2.19. The number of pyridine rings is 1. The summed E-state index contributed by atoms with van der Waals surface area (Å²) < 4.78 is 0. The van der Waals surface area contributed by atoms with Crippen LogP contribution in [-0.2, 0) is 11.8 Å². The molecule has 0 saturated heterocycles. The van der Waals surface area contributed by atoms with Crippen LogP contribution in [0.4, 0.5) is 16.3 Å². The molecular weight excluding hydrogens is 400 g/mol. The number of hydrogen-bond acceptors (Lipinski definition) is 4. The summed E-state index contributed by atoms with van der Waals surface area (Å²) in [4.78, 5) is 16.9. The standard InChI is InChI=1S/C25H28N6O/c1-25(2,3)20-15-19(21-22(26)30-31-23(21)29-20)17-9-11-18(12-10-17)28-24(32)27-14-13-16-7-5-4-6-8-16/h4-12,15H,13-14H2,1-3H3,(H2,27,28,32)(H3,26,29,30,31). The van der Waals surface area contributed by atoms with Crippen LogP contribution in [0, 0.1) is 0 Å². The Bertz CT molecular complexity index is 1220. The van der Waals surface area contributed by atoms with Crippen LogP contribution in [0.1, 0.15) is 32.0 Å². The summed E-state index contributed by atoms with van der Waals surface area (Å²) in [6.07, 6.45) is 0.785. The maximum absolute atomic E-state index is 12.2. The van der Waals surface area contributed by atoms with E-state index < -0.39 is 0 Å². The first-order chi connectivity index (χ1) is 15.3. The summed E-state index contributed by atoms with van der Waals surface area (Å²) in [6, 6.07) is 19.6. The summed E-state index contributed by atoms with van der Waals surface area (Å²) in [7, 11) is 0. The first-order valence-electron chi connectivity index (χ1n) is 10.7. The van der Waals surface area contributed by atoms with E-state index in [0.717, 1.165) is 28.6 Å². The Morgan fingerprint density at radius 2 is 1.78 bits per heavy atom. The van der Waals surface area contributed by atoms with Gasteiger partial charge in [0.25, 0.3) is 0 Å². The van der Waals surface area contributed by atoms with Gasteiger partial charge in [-0.1, -0.05) is 63.2 Å². The molecule has 5 N–H and O–H groups in total. The van der Waals surface area contributed by atoms with Crippen molar-refractivity contribution < 1.29 is 4.79 Å². The van der Waals surface area contributed by atoms with Crippen molar-refractivity contribution in [2.45, 2.75) is 32.6 Å². The molecular formula is C25H28N6O. The van der Waals surface area contributed by atoms with Crippen molar-refractivity contribution >= 4 is 28.6 Å². The van der Waals surface area contributed by atoms with Crippen LogP contribution in [0.15, 0.2) is 60.7 Å². The smallest absolute Gasteiger partial charge is 0.319 e. The number of nitrogen functional groups attached to an aromatic ring is 1. The Kier molecular flexibility index (Phi) is 5.81. The number of urea groups is 1. The van der Waals surface area contributed by atoms with Gasteiger partial charge in [-0.05, 0) is 41.3 Å². The number of nitrogens with two attached hydrogens (primary N) is 1. The van der Waals surface area contributed by atoms with Gasteiger partial charge in [-0.2, -0.15) is 5.10 Å². The molecule has 0 atom stereocenters. The van der Waals surface area contributed by atoms with Crippen molar-refractivity contribution in [2.24, 2.45) is 0 Å². The molecule has 2 aromatic carbocycles. The van der Waals surface area contributed by atoms with Crippen LogP contribution in [-0.4, -0.2) is 27.8 Å². The maximum Gasteiger partial charge on any atom is 0.319 e. The number of carbonyl (C=O) groups excluding carboxylic acids is 1. The van der Waals surface area contributed by atoms with Gasteiger partial charge in [0.05, 0.1) is 5.39 Å². The third-order valence-corrected chi connectivity index (χ3v) is 5.32. The molecule has 0 aliphatic heterocycles. The number of amides is 2. The van der Waals surface area contributed by atoms with Gasteiger partial charge < -0.3 is 16.4 Å². The third-order valence-electron chi connectivity index (χ3n) is 5.32. The van der Waals surface area contributed by atoms with Gasteiger partial charge in [0.1, 0.15) is 0 Å². The summed E-state index contributed by atoms with van der Waals surface area (Å²) >= 11 is 0. The largest absolute Gasteiger partial charge is 0.382 e. The Morgan fingerprint density at radius 1 is 1.06 bits per heavy atom. The quantitative estimate of drug-likeness (QED) is 0.364.